The first-order valence-electron chi connectivity index (χ1n) is 9.83. The van der Waals surface area contributed by atoms with E-state index in [1.807, 2.05) is 18.2 Å². The summed E-state index contributed by atoms with van der Waals surface area (Å²) in [6, 6.07) is 14.2. The van der Waals surface area contributed by atoms with E-state index in [2.05, 4.69) is 10.6 Å². The Morgan fingerprint density at radius 3 is 1.86 bits per heavy atom. The second-order valence-electron chi connectivity index (χ2n) is 7.40. The fourth-order valence-electron chi connectivity index (χ4n) is 3.62. The van der Waals surface area contributed by atoms with Crippen molar-refractivity contribution >= 4 is 29.0 Å². The smallest absolute Gasteiger partial charge is 0.227 e. The molecular formula is C23H26N2O4. The van der Waals surface area contributed by atoms with Crippen molar-refractivity contribution in [3.05, 3.63) is 54.1 Å². The van der Waals surface area contributed by atoms with Crippen LogP contribution in [0, 0.1) is 11.8 Å². The van der Waals surface area contributed by atoms with Crippen LogP contribution in [0.3, 0.4) is 0 Å². The first kappa shape index (κ1) is 20.6. The minimum atomic E-state index is -0.128. The van der Waals surface area contributed by atoms with Gasteiger partial charge in [0.2, 0.25) is 11.8 Å². The molecule has 0 bridgehead atoms. The van der Waals surface area contributed by atoms with Crippen molar-refractivity contribution in [2.75, 3.05) is 17.7 Å². The van der Waals surface area contributed by atoms with Crippen LogP contribution in [-0.2, 0) is 9.59 Å². The molecule has 29 heavy (non-hydrogen) atoms. The van der Waals surface area contributed by atoms with Crippen molar-refractivity contribution in [3.8, 4) is 5.75 Å². The molecule has 3 rings (SSSR count). The summed E-state index contributed by atoms with van der Waals surface area (Å²) in [6.45, 7) is 1.50. The lowest BCUT2D eigenvalue weighted by atomic mass is 9.81. The fourth-order valence-corrected chi connectivity index (χ4v) is 3.62. The van der Waals surface area contributed by atoms with Gasteiger partial charge in [0.25, 0.3) is 0 Å². The number of anilines is 2. The van der Waals surface area contributed by atoms with Gasteiger partial charge < -0.3 is 15.4 Å². The van der Waals surface area contributed by atoms with Crippen LogP contribution in [0.5, 0.6) is 5.75 Å². The zero-order valence-corrected chi connectivity index (χ0v) is 16.7. The lowest BCUT2D eigenvalue weighted by molar-refractivity contribution is -0.125. The van der Waals surface area contributed by atoms with E-state index in [9.17, 15) is 14.4 Å². The van der Waals surface area contributed by atoms with Crippen molar-refractivity contribution in [2.45, 2.75) is 32.6 Å². The van der Waals surface area contributed by atoms with Crippen LogP contribution in [0.25, 0.3) is 0 Å². The molecule has 6 nitrogen and oxygen atoms in total. The van der Waals surface area contributed by atoms with Crippen molar-refractivity contribution in [1.82, 2.24) is 0 Å². The van der Waals surface area contributed by atoms with Crippen LogP contribution in [0.15, 0.2) is 48.5 Å². The summed E-state index contributed by atoms with van der Waals surface area (Å²) in [6.07, 6.45) is 2.66. The molecule has 0 aromatic heterocycles. The van der Waals surface area contributed by atoms with E-state index in [0.717, 1.165) is 0 Å². The monoisotopic (exact) mass is 394 g/mol. The lowest BCUT2D eigenvalue weighted by Crippen LogP contribution is -2.32. The summed E-state index contributed by atoms with van der Waals surface area (Å²) in [5.74, 6) is 0.340. The minimum absolute atomic E-state index is 0.0220. The van der Waals surface area contributed by atoms with Gasteiger partial charge in [0.05, 0.1) is 7.11 Å². The maximum absolute atomic E-state index is 12.6. The molecule has 1 aliphatic carbocycles. The van der Waals surface area contributed by atoms with Gasteiger partial charge in [-0.2, -0.15) is 0 Å². The van der Waals surface area contributed by atoms with E-state index in [4.69, 9.17) is 4.74 Å². The first-order chi connectivity index (χ1) is 14.0. The van der Waals surface area contributed by atoms with E-state index in [1.54, 1.807) is 37.4 Å². The molecule has 0 atom stereocenters. The summed E-state index contributed by atoms with van der Waals surface area (Å²) < 4.78 is 5.18. The third-order valence-electron chi connectivity index (χ3n) is 5.34. The molecule has 2 aromatic rings. The molecule has 1 aliphatic rings. The molecule has 2 aromatic carbocycles. The molecule has 152 valence electrons. The van der Waals surface area contributed by atoms with Crippen molar-refractivity contribution < 1.29 is 19.1 Å². The molecular weight excluding hydrogens is 368 g/mol. The summed E-state index contributed by atoms with van der Waals surface area (Å²) in [5.41, 5.74) is 1.90. The highest BCUT2D eigenvalue weighted by Crippen LogP contribution is 2.31. The van der Waals surface area contributed by atoms with E-state index < -0.39 is 0 Å². The number of amides is 2. The Kier molecular flexibility index (Phi) is 6.65. The number of hydrogen-bond donors (Lipinski definition) is 2. The van der Waals surface area contributed by atoms with Crippen molar-refractivity contribution in [2.24, 2.45) is 11.8 Å². The van der Waals surface area contributed by atoms with Gasteiger partial charge in [-0.05, 0) is 56.9 Å². The van der Waals surface area contributed by atoms with E-state index in [1.165, 1.54) is 6.92 Å². The largest absolute Gasteiger partial charge is 0.497 e. The van der Waals surface area contributed by atoms with Crippen molar-refractivity contribution in [1.29, 1.82) is 0 Å². The van der Waals surface area contributed by atoms with Crippen molar-refractivity contribution in [3.63, 3.8) is 0 Å². The van der Waals surface area contributed by atoms with Gasteiger partial charge in [0.15, 0.2) is 5.78 Å². The lowest BCUT2D eigenvalue weighted by Gasteiger charge is -2.27. The van der Waals surface area contributed by atoms with Gasteiger partial charge in [-0.15, -0.1) is 0 Å². The zero-order valence-electron chi connectivity index (χ0n) is 16.7. The van der Waals surface area contributed by atoms with Gasteiger partial charge in [0, 0.05) is 34.8 Å². The highest BCUT2D eigenvalue weighted by atomic mass is 16.5. The second kappa shape index (κ2) is 9.37. The predicted molar refractivity (Wildman–Crippen MR) is 112 cm³/mol. The SMILES string of the molecule is COc1cccc(NC(=O)C2CCC(C(=O)Nc3cccc(C(C)=O)c3)CC2)c1. The van der Waals surface area contributed by atoms with Crippen LogP contribution < -0.4 is 15.4 Å². The van der Waals surface area contributed by atoms with Crippen LogP contribution >= 0.6 is 0 Å². The number of ketones is 1. The normalized spacial score (nSPS) is 18.6. The molecule has 6 heteroatoms. The first-order valence-corrected chi connectivity index (χ1v) is 9.83. The number of nitrogens with one attached hydrogen (secondary N) is 2. The number of carbonyl (C=O) groups excluding carboxylic acids is 3. The van der Waals surface area contributed by atoms with Crippen LogP contribution in [0.2, 0.25) is 0 Å². The highest BCUT2D eigenvalue weighted by molar-refractivity contribution is 5.98. The summed E-state index contributed by atoms with van der Waals surface area (Å²) in [7, 11) is 1.59. The second-order valence-corrected chi connectivity index (χ2v) is 7.40. The maximum Gasteiger partial charge on any atom is 0.227 e. The molecule has 1 fully saturated rings. The third-order valence-corrected chi connectivity index (χ3v) is 5.34. The van der Waals surface area contributed by atoms with Gasteiger partial charge in [-0.25, -0.2) is 0 Å². The number of Topliss-reactive ketones (excluding diaryl/α,β-unsaturated/α-hetero) is 1. The summed E-state index contributed by atoms with van der Waals surface area (Å²) in [4.78, 5) is 36.6. The van der Waals surface area contributed by atoms with Crippen LogP contribution in [-0.4, -0.2) is 24.7 Å². The average molecular weight is 394 g/mol. The Bertz CT molecular complexity index is 901. The number of rotatable bonds is 6. The van der Waals surface area contributed by atoms with E-state index in [0.29, 0.717) is 48.4 Å². The molecule has 2 amide bonds. The highest BCUT2D eigenvalue weighted by Gasteiger charge is 2.30. The van der Waals surface area contributed by atoms with E-state index >= 15 is 0 Å². The maximum atomic E-state index is 12.6. The fraction of sp³-hybridized carbons (Fsp3) is 0.348. The topological polar surface area (TPSA) is 84.5 Å². The number of methoxy groups -OCH3 is 1. The van der Waals surface area contributed by atoms with Gasteiger partial charge in [0.1, 0.15) is 5.75 Å². The van der Waals surface area contributed by atoms with Gasteiger partial charge in [-0.3, -0.25) is 14.4 Å². The van der Waals surface area contributed by atoms with Crippen LogP contribution in [0.4, 0.5) is 11.4 Å². The molecule has 0 radical (unpaired) electrons. The predicted octanol–water partition coefficient (Wildman–Crippen LogP) is 4.28. The number of carbonyl (C=O) groups is 3. The van der Waals surface area contributed by atoms with Gasteiger partial charge >= 0.3 is 0 Å². The number of hydrogen-bond acceptors (Lipinski definition) is 4. The molecule has 0 heterocycles. The standard InChI is InChI=1S/C23H26N2O4/c1-15(26)18-5-3-6-19(13-18)24-22(27)16-9-11-17(12-10-16)23(28)25-20-7-4-8-21(14-20)29-2/h3-8,13-14,16-17H,9-12H2,1-2H3,(H,24,27)(H,25,28). The Hall–Kier alpha value is -3.15. The zero-order chi connectivity index (χ0) is 20.8. The average Bonchev–Trinajstić information content (AvgIpc) is 2.74. The summed E-state index contributed by atoms with van der Waals surface area (Å²) in [5, 5.41) is 5.83. The Morgan fingerprint density at radius 1 is 0.828 bits per heavy atom. The van der Waals surface area contributed by atoms with Crippen LogP contribution in [0.1, 0.15) is 43.0 Å². The number of ether oxygens (including phenoxy) is 1. The minimum Gasteiger partial charge on any atom is -0.497 e. The van der Waals surface area contributed by atoms with Gasteiger partial charge in [-0.1, -0.05) is 18.2 Å². The molecule has 0 spiro atoms. The Balaban J connectivity index is 1.51. The molecule has 0 saturated heterocycles. The molecule has 0 aliphatic heterocycles. The number of benzene rings is 2. The Labute approximate surface area is 170 Å². The third kappa shape index (κ3) is 5.44. The molecule has 1 saturated carbocycles. The quantitative estimate of drug-likeness (QED) is 0.716. The summed E-state index contributed by atoms with van der Waals surface area (Å²) >= 11 is 0. The Morgan fingerprint density at radius 2 is 1.34 bits per heavy atom. The molecule has 0 unspecified atom stereocenters. The molecule has 2 N–H and O–H groups in total. The van der Waals surface area contributed by atoms with E-state index in [-0.39, 0.29) is 29.4 Å².